The summed E-state index contributed by atoms with van der Waals surface area (Å²) in [6.45, 7) is 0. The maximum Gasteiger partial charge on any atom is 0.339 e. The fourth-order valence-corrected chi connectivity index (χ4v) is 2.79. The number of methoxy groups -OCH3 is 1. The summed E-state index contributed by atoms with van der Waals surface area (Å²) >= 11 is 0. The van der Waals surface area contributed by atoms with Gasteiger partial charge in [0, 0.05) is 22.4 Å². The maximum atomic E-state index is 12.8. The zero-order valence-electron chi connectivity index (χ0n) is 14.2. The summed E-state index contributed by atoms with van der Waals surface area (Å²) < 4.78 is 4.75. The van der Waals surface area contributed by atoms with E-state index in [0.717, 1.165) is 5.56 Å². The zero-order valence-corrected chi connectivity index (χ0v) is 14.2. The first-order valence-electron chi connectivity index (χ1n) is 7.99. The molecule has 0 saturated carbocycles. The number of para-hydroxylation sites is 2. The highest BCUT2D eigenvalue weighted by Crippen LogP contribution is 2.30. The molecule has 5 nitrogen and oxygen atoms in total. The minimum absolute atomic E-state index is 0.173. The summed E-state index contributed by atoms with van der Waals surface area (Å²) in [6.07, 6.45) is 0. The Hall–Kier alpha value is -3.60. The van der Waals surface area contributed by atoms with Gasteiger partial charge in [0.25, 0.3) is 0 Å². The molecule has 26 heavy (non-hydrogen) atoms. The molecule has 0 aliphatic heterocycles. The standard InChI is InChI=1S/C21H18N2O3/c1-26-21(25)17-10-5-9-15(19(17)23)13-6-4-7-14(12-13)20(24)16-8-2-3-11-18(16)22/h2-12H,22-23H2,1H3. The van der Waals surface area contributed by atoms with E-state index < -0.39 is 5.97 Å². The average molecular weight is 346 g/mol. The number of benzene rings is 3. The predicted molar refractivity (Wildman–Crippen MR) is 102 cm³/mol. The number of esters is 1. The quantitative estimate of drug-likeness (QED) is 0.428. The number of anilines is 2. The largest absolute Gasteiger partial charge is 0.465 e. The van der Waals surface area contributed by atoms with Gasteiger partial charge in [0.1, 0.15) is 0 Å². The average Bonchev–Trinajstić information content (AvgIpc) is 2.67. The SMILES string of the molecule is COC(=O)c1cccc(-c2cccc(C(=O)c3ccccc3N)c2)c1N. The van der Waals surface area contributed by atoms with E-state index in [0.29, 0.717) is 28.1 Å². The van der Waals surface area contributed by atoms with Gasteiger partial charge in [-0.05, 0) is 29.8 Å². The van der Waals surface area contributed by atoms with Gasteiger partial charge < -0.3 is 16.2 Å². The van der Waals surface area contributed by atoms with Crippen LogP contribution in [0.4, 0.5) is 11.4 Å². The van der Waals surface area contributed by atoms with Gasteiger partial charge in [-0.3, -0.25) is 4.79 Å². The lowest BCUT2D eigenvalue weighted by Gasteiger charge is -2.11. The summed E-state index contributed by atoms with van der Waals surface area (Å²) in [7, 11) is 1.30. The Morgan fingerprint density at radius 2 is 1.54 bits per heavy atom. The molecule has 0 atom stereocenters. The molecular weight excluding hydrogens is 328 g/mol. The normalized spacial score (nSPS) is 10.3. The second-order valence-electron chi connectivity index (χ2n) is 5.76. The van der Waals surface area contributed by atoms with Crippen molar-refractivity contribution < 1.29 is 14.3 Å². The van der Waals surface area contributed by atoms with E-state index in [1.165, 1.54) is 7.11 Å². The molecule has 0 heterocycles. The number of nitrogen functional groups attached to an aromatic ring is 2. The van der Waals surface area contributed by atoms with Crippen molar-refractivity contribution in [3.63, 3.8) is 0 Å². The third-order valence-corrected chi connectivity index (χ3v) is 4.15. The molecule has 130 valence electrons. The van der Waals surface area contributed by atoms with Crippen molar-refractivity contribution in [3.8, 4) is 11.1 Å². The third kappa shape index (κ3) is 3.15. The molecule has 0 spiro atoms. The summed E-state index contributed by atoms with van der Waals surface area (Å²) in [5, 5.41) is 0. The second-order valence-corrected chi connectivity index (χ2v) is 5.76. The molecule has 0 radical (unpaired) electrons. The highest BCUT2D eigenvalue weighted by Gasteiger charge is 2.16. The number of hydrogen-bond donors (Lipinski definition) is 2. The Balaban J connectivity index is 2.05. The lowest BCUT2D eigenvalue weighted by Crippen LogP contribution is -2.07. The molecule has 4 N–H and O–H groups in total. The highest BCUT2D eigenvalue weighted by atomic mass is 16.5. The van der Waals surface area contributed by atoms with Crippen molar-refractivity contribution in [2.75, 3.05) is 18.6 Å². The Bertz CT molecular complexity index is 996. The van der Waals surface area contributed by atoms with E-state index in [9.17, 15) is 9.59 Å². The van der Waals surface area contributed by atoms with Gasteiger partial charge in [-0.1, -0.05) is 42.5 Å². The van der Waals surface area contributed by atoms with Gasteiger partial charge in [-0.25, -0.2) is 4.79 Å². The van der Waals surface area contributed by atoms with E-state index in [1.807, 2.05) is 6.07 Å². The van der Waals surface area contributed by atoms with Gasteiger partial charge >= 0.3 is 5.97 Å². The smallest absolute Gasteiger partial charge is 0.339 e. The van der Waals surface area contributed by atoms with Crippen molar-refractivity contribution in [3.05, 3.63) is 83.4 Å². The minimum atomic E-state index is -0.506. The Kier molecular flexibility index (Phi) is 4.71. The van der Waals surface area contributed by atoms with Gasteiger partial charge in [0.05, 0.1) is 18.4 Å². The van der Waals surface area contributed by atoms with Crippen LogP contribution in [-0.4, -0.2) is 18.9 Å². The predicted octanol–water partition coefficient (Wildman–Crippen LogP) is 3.54. The second kappa shape index (κ2) is 7.11. The van der Waals surface area contributed by atoms with Crippen LogP contribution in [0.2, 0.25) is 0 Å². The van der Waals surface area contributed by atoms with Crippen LogP contribution in [0.1, 0.15) is 26.3 Å². The topological polar surface area (TPSA) is 95.4 Å². The molecule has 0 aromatic heterocycles. The molecular formula is C21H18N2O3. The van der Waals surface area contributed by atoms with Crippen LogP contribution >= 0.6 is 0 Å². The van der Waals surface area contributed by atoms with Crippen LogP contribution < -0.4 is 11.5 Å². The molecule has 0 bridgehead atoms. The van der Waals surface area contributed by atoms with Crippen LogP contribution in [0.5, 0.6) is 0 Å². The van der Waals surface area contributed by atoms with Crippen LogP contribution in [0, 0.1) is 0 Å². The lowest BCUT2D eigenvalue weighted by molar-refractivity contribution is 0.0602. The first kappa shape index (κ1) is 17.2. The zero-order chi connectivity index (χ0) is 18.7. The first-order chi connectivity index (χ1) is 12.5. The fraction of sp³-hybridized carbons (Fsp3) is 0.0476. The summed E-state index contributed by atoms with van der Waals surface area (Å²) in [4.78, 5) is 24.6. The number of rotatable bonds is 4. The number of nitrogens with two attached hydrogens (primary N) is 2. The molecule has 3 aromatic carbocycles. The monoisotopic (exact) mass is 346 g/mol. The van der Waals surface area contributed by atoms with Crippen molar-refractivity contribution in [2.45, 2.75) is 0 Å². The molecule has 0 unspecified atom stereocenters. The number of carbonyl (C=O) groups is 2. The Morgan fingerprint density at radius 3 is 2.27 bits per heavy atom. The number of hydrogen-bond acceptors (Lipinski definition) is 5. The summed E-state index contributed by atoms with van der Waals surface area (Å²) in [5.74, 6) is -0.679. The third-order valence-electron chi connectivity index (χ3n) is 4.15. The van der Waals surface area contributed by atoms with E-state index in [-0.39, 0.29) is 11.3 Å². The van der Waals surface area contributed by atoms with Gasteiger partial charge in [0.2, 0.25) is 0 Å². The summed E-state index contributed by atoms with van der Waals surface area (Å²) in [6, 6.07) is 19.1. The number of carbonyl (C=O) groups excluding carboxylic acids is 2. The van der Waals surface area contributed by atoms with Crippen LogP contribution in [0.25, 0.3) is 11.1 Å². The highest BCUT2D eigenvalue weighted by molar-refractivity contribution is 6.12. The molecule has 0 aliphatic carbocycles. The molecule has 3 aromatic rings. The Morgan fingerprint density at radius 1 is 0.846 bits per heavy atom. The van der Waals surface area contributed by atoms with E-state index >= 15 is 0 Å². The minimum Gasteiger partial charge on any atom is -0.465 e. The maximum absolute atomic E-state index is 12.8. The van der Waals surface area contributed by atoms with Gasteiger partial charge in [0.15, 0.2) is 5.78 Å². The van der Waals surface area contributed by atoms with Crippen molar-refractivity contribution in [1.29, 1.82) is 0 Å². The fourth-order valence-electron chi connectivity index (χ4n) is 2.79. The first-order valence-corrected chi connectivity index (χ1v) is 7.99. The molecule has 0 amide bonds. The Labute approximate surface area is 151 Å². The molecule has 5 heteroatoms. The van der Waals surface area contributed by atoms with Crippen LogP contribution in [0.3, 0.4) is 0 Å². The van der Waals surface area contributed by atoms with E-state index in [2.05, 4.69) is 0 Å². The van der Waals surface area contributed by atoms with E-state index in [1.54, 1.807) is 60.7 Å². The van der Waals surface area contributed by atoms with Crippen LogP contribution in [0.15, 0.2) is 66.7 Å². The van der Waals surface area contributed by atoms with E-state index in [4.69, 9.17) is 16.2 Å². The number of ketones is 1. The lowest BCUT2D eigenvalue weighted by atomic mass is 9.95. The molecule has 3 rings (SSSR count). The van der Waals surface area contributed by atoms with Gasteiger partial charge in [-0.15, -0.1) is 0 Å². The molecule has 0 saturated heterocycles. The summed E-state index contributed by atoms with van der Waals surface area (Å²) in [5.41, 5.74) is 15.4. The number of ether oxygens (including phenoxy) is 1. The van der Waals surface area contributed by atoms with Crippen molar-refractivity contribution in [2.24, 2.45) is 0 Å². The van der Waals surface area contributed by atoms with Crippen molar-refractivity contribution >= 4 is 23.1 Å². The molecule has 0 aliphatic rings. The van der Waals surface area contributed by atoms with Gasteiger partial charge in [-0.2, -0.15) is 0 Å². The molecule has 0 fully saturated rings. The van der Waals surface area contributed by atoms with Crippen molar-refractivity contribution in [1.82, 2.24) is 0 Å². The van der Waals surface area contributed by atoms with Crippen LogP contribution in [-0.2, 0) is 4.74 Å².